The molecule has 0 amide bonds. The van der Waals surface area contributed by atoms with E-state index in [1.807, 2.05) is 26.2 Å². The van der Waals surface area contributed by atoms with E-state index in [0.717, 1.165) is 32.1 Å². The van der Waals surface area contributed by atoms with E-state index < -0.39 is 0 Å². The fraction of sp³-hybridized carbons (Fsp3) is 0.714. The third kappa shape index (κ3) is 3.95. The van der Waals surface area contributed by atoms with Crippen LogP contribution in [0.4, 0.5) is 5.95 Å². The van der Waals surface area contributed by atoms with E-state index in [-0.39, 0.29) is 0 Å². The molecule has 1 aromatic heterocycles. The quantitative estimate of drug-likeness (QED) is 0.806. The van der Waals surface area contributed by atoms with Gasteiger partial charge in [-0.05, 0) is 18.5 Å². The second-order valence-corrected chi connectivity index (χ2v) is 4.76. The maximum absolute atomic E-state index is 4.44. The molecule has 1 fully saturated rings. The molecular weight excluding hydrogens is 224 g/mol. The Bertz CT molecular complexity index is 326. The number of nitrogens with zero attached hydrogens (tertiary/aromatic N) is 4. The van der Waals surface area contributed by atoms with Crippen molar-refractivity contribution in [3.8, 4) is 0 Å². The highest BCUT2D eigenvalue weighted by molar-refractivity contribution is 5.31. The van der Waals surface area contributed by atoms with Crippen molar-refractivity contribution >= 4 is 5.95 Å². The van der Waals surface area contributed by atoms with E-state index in [1.54, 1.807) is 0 Å². The van der Waals surface area contributed by atoms with Crippen LogP contribution in [0, 0.1) is 0 Å². The average Bonchev–Trinajstić information content (AvgIpc) is 2.42. The van der Waals surface area contributed by atoms with Crippen molar-refractivity contribution in [2.24, 2.45) is 0 Å². The van der Waals surface area contributed by atoms with Crippen LogP contribution < -0.4 is 4.90 Å². The first kappa shape index (κ1) is 14.9. The highest BCUT2D eigenvalue weighted by Crippen LogP contribution is 2.15. The fourth-order valence-corrected chi connectivity index (χ4v) is 1.80. The van der Waals surface area contributed by atoms with Crippen LogP contribution in [-0.4, -0.2) is 48.1 Å². The summed E-state index contributed by atoms with van der Waals surface area (Å²) in [5.41, 5.74) is 1.21. The molecule has 1 aliphatic heterocycles. The Hall–Kier alpha value is -1.16. The maximum atomic E-state index is 4.44. The summed E-state index contributed by atoms with van der Waals surface area (Å²) in [4.78, 5) is 13.5. The maximum Gasteiger partial charge on any atom is 0.225 e. The SMILES string of the molecule is CC.CC(C)c1cnc(N2CCN(C)CC2)nc1. The second kappa shape index (κ2) is 7.31. The second-order valence-electron chi connectivity index (χ2n) is 4.76. The summed E-state index contributed by atoms with van der Waals surface area (Å²) in [6, 6.07) is 0. The molecule has 0 unspecified atom stereocenters. The van der Waals surface area contributed by atoms with Gasteiger partial charge in [-0.15, -0.1) is 0 Å². The van der Waals surface area contributed by atoms with Crippen molar-refractivity contribution in [3.05, 3.63) is 18.0 Å². The van der Waals surface area contributed by atoms with Gasteiger partial charge in [0.2, 0.25) is 5.95 Å². The summed E-state index contributed by atoms with van der Waals surface area (Å²) >= 11 is 0. The van der Waals surface area contributed by atoms with Gasteiger partial charge in [0, 0.05) is 38.6 Å². The summed E-state index contributed by atoms with van der Waals surface area (Å²) in [5.74, 6) is 1.37. The lowest BCUT2D eigenvalue weighted by molar-refractivity contribution is 0.311. The summed E-state index contributed by atoms with van der Waals surface area (Å²) in [5, 5.41) is 0. The van der Waals surface area contributed by atoms with E-state index >= 15 is 0 Å². The molecule has 0 bridgehead atoms. The van der Waals surface area contributed by atoms with E-state index in [4.69, 9.17) is 0 Å². The number of hydrogen-bond donors (Lipinski definition) is 0. The van der Waals surface area contributed by atoms with Gasteiger partial charge in [0.25, 0.3) is 0 Å². The first-order chi connectivity index (χ1) is 8.66. The topological polar surface area (TPSA) is 32.3 Å². The molecule has 4 nitrogen and oxygen atoms in total. The van der Waals surface area contributed by atoms with Crippen LogP contribution >= 0.6 is 0 Å². The lowest BCUT2D eigenvalue weighted by atomic mass is 10.1. The van der Waals surface area contributed by atoms with Crippen molar-refractivity contribution in [2.75, 3.05) is 38.1 Å². The van der Waals surface area contributed by atoms with Gasteiger partial charge in [0.1, 0.15) is 0 Å². The zero-order valence-electron chi connectivity index (χ0n) is 12.3. The summed E-state index contributed by atoms with van der Waals surface area (Å²) in [6.45, 7) is 12.6. The number of anilines is 1. The molecule has 1 saturated heterocycles. The standard InChI is InChI=1S/C12H20N4.C2H6/c1-10(2)11-8-13-12(14-9-11)16-6-4-15(3)5-7-16;1-2/h8-10H,4-7H2,1-3H3;1-2H3. The third-order valence-corrected chi connectivity index (χ3v) is 3.11. The Morgan fingerprint density at radius 3 is 1.94 bits per heavy atom. The van der Waals surface area contributed by atoms with Crippen LogP contribution in [0.5, 0.6) is 0 Å². The average molecular weight is 250 g/mol. The Labute approximate surface area is 111 Å². The number of piperazine rings is 1. The minimum absolute atomic E-state index is 0.501. The van der Waals surface area contributed by atoms with Crippen LogP contribution in [-0.2, 0) is 0 Å². The molecule has 0 radical (unpaired) electrons. The molecule has 1 aliphatic rings. The highest BCUT2D eigenvalue weighted by atomic mass is 15.3. The van der Waals surface area contributed by atoms with Crippen molar-refractivity contribution < 1.29 is 0 Å². The molecular formula is C14H26N4. The molecule has 1 aromatic rings. The Kier molecular flexibility index (Phi) is 6.05. The molecule has 18 heavy (non-hydrogen) atoms. The van der Waals surface area contributed by atoms with Crippen molar-refractivity contribution in [1.82, 2.24) is 14.9 Å². The van der Waals surface area contributed by atoms with Crippen molar-refractivity contribution in [2.45, 2.75) is 33.6 Å². The van der Waals surface area contributed by atoms with Gasteiger partial charge in [0.05, 0.1) is 0 Å². The Morgan fingerprint density at radius 2 is 1.50 bits per heavy atom. The Morgan fingerprint density at radius 1 is 1.00 bits per heavy atom. The lowest BCUT2D eigenvalue weighted by Gasteiger charge is -2.32. The Balaban J connectivity index is 0.000000771. The van der Waals surface area contributed by atoms with E-state index in [9.17, 15) is 0 Å². The molecule has 0 saturated carbocycles. The van der Waals surface area contributed by atoms with Gasteiger partial charge >= 0.3 is 0 Å². The van der Waals surface area contributed by atoms with Crippen LogP contribution in [0.2, 0.25) is 0 Å². The molecule has 2 rings (SSSR count). The molecule has 0 spiro atoms. The van der Waals surface area contributed by atoms with Gasteiger partial charge in [-0.25, -0.2) is 9.97 Å². The number of aromatic nitrogens is 2. The van der Waals surface area contributed by atoms with Crippen molar-refractivity contribution in [3.63, 3.8) is 0 Å². The van der Waals surface area contributed by atoms with E-state index in [2.05, 4.69) is 40.7 Å². The van der Waals surface area contributed by atoms with Crippen LogP contribution in [0.15, 0.2) is 12.4 Å². The van der Waals surface area contributed by atoms with Crippen LogP contribution in [0.25, 0.3) is 0 Å². The normalized spacial score (nSPS) is 16.4. The highest BCUT2D eigenvalue weighted by Gasteiger charge is 2.16. The van der Waals surface area contributed by atoms with Gasteiger partial charge < -0.3 is 9.80 Å². The molecule has 0 aromatic carbocycles. The van der Waals surface area contributed by atoms with Gasteiger partial charge in [-0.2, -0.15) is 0 Å². The third-order valence-electron chi connectivity index (χ3n) is 3.11. The molecule has 4 heteroatoms. The zero-order chi connectivity index (χ0) is 13.5. The van der Waals surface area contributed by atoms with E-state index in [1.165, 1.54) is 5.56 Å². The number of rotatable bonds is 2. The predicted octanol–water partition coefficient (Wildman–Crippen LogP) is 2.38. The smallest absolute Gasteiger partial charge is 0.225 e. The van der Waals surface area contributed by atoms with Gasteiger partial charge in [-0.1, -0.05) is 27.7 Å². The summed E-state index contributed by atoms with van der Waals surface area (Å²) in [6.07, 6.45) is 3.90. The van der Waals surface area contributed by atoms with Crippen LogP contribution in [0.1, 0.15) is 39.2 Å². The molecule has 102 valence electrons. The first-order valence-corrected chi connectivity index (χ1v) is 6.92. The van der Waals surface area contributed by atoms with E-state index in [0.29, 0.717) is 5.92 Å². The number of hydrogen-bond acceptors (Lipinski definition) is 4. The zero-order valence-corrected chi connectivity index (χ0v) is 12.3. The van der Waals surface area contributed by atoms with Crippen LogP contribution in [0.3, 0.4) is 0 Å². The van der Waals surface area contributed by atoms with Gasteiger partial charge in [-0.3, -0.25) is 0 Å². The molecule has 0 N–H and O–H groups in total. The predicted molar refractivity (Wildman–Crippen MR) is 77.2 cm³/mol. The van der Waals surface area contributed by atoms with Gasteiger partial charge in [0.15, 0.2) is 0 Å². The largest absolute Gasteiger partial charge is 0.338 e. The first-order valence-electron chi connectivity index (χ1n) is 6.92. The minimum Gasteiger partial charge on any atom is -0.338 e. The summed E-state index contributed by atoms with van der Waals surface area (Å²) in [7, 11) is 2.15. The molecule has 2 heterocycles. The number of likely N-dealkylation sites (N-methyl/N-ethyl adjacent to an activating group) is 1. The summed E-state index contributed by atoms with van der Waals surface area (Å²) < 4.78 is 0. The molecule has 0 aliphatic carbocycles. The fourth-order valence-electron chi connectivity index (χ4n) is 1.80. The monoisotopic (exact) mass is 250 g/mol. The lowest BCUT2D eigenvalue weighted by Crippen LogP contribution is -2.45. The van der Waals surface area contributed by atoms with Crippen molar-refractivity contribution in [1.29, 1.82) is 0 Å². The minimum atomic E-state index is 0.501. The molecule has 0 atom stereocenters.